The van der Waals surface area contributed by atoms with Crippen molar-refractivity contribution >= 4 is 44.8 Å². The number of amides is 2. The van der Waals surface area contributed by atoms with E-state index in [-0.39, 0.29) is 18.2 Å². The molecule has 0 spiro atoms. The number of nitrogens with two attached hydrogens (primary N) is 1. The van der Waals surface area contributed by atoms with E-state index in [1.54, 1.807) is 32.7 Å². The Morgan fingerprint density at radius 1 is 1.11 bits per heavy atom. The van der Waals surface area contributed by atoms with E-state index in [1.807, 2.05) is 70.3 Å². The van der Waals surface area contributed by atoms with Crippen LogP contribution in [0.3, 0.4) is 0 Å². The van der Waals surface area contributed by atoms with E-state index in [0.717, 1.165) is 24.8 Å². The Balaban J connectivity index is -0.000000656. The lowest BCUT2D eigenvalue weighted by Gasteiger charge is -2.29. The molecule has 0 aromatic heterocycles. The third-order valence-electron chi connectivity index (χ3n) is 5.13. The Labute approximate surface area is 287 Å². The highest BCUT2D eigenvalue weighted by Gasteiger charge is 2.39. The number of carboxylic acids is 1. The van der Waals surface area contributed by atoms with E-state index in [1.165, 1.54) is 12.3 Å². The molecule has 0 saturated carbocycles. The van der Waals surface area contributed by atoms with Crippen LogP contribution in [-0.4, -0.2) is 85.6 Å². The van der Waals surface area contributed by atoms with Crippen LogP contribution < -0.4 is 11.1 Å². The highest BCUT2D eigenvalue weighted by molar-refractivity contribution is 7.41. The molecule has 2 aliphatic rings. The number of ether oxygens (including phenoxy) is 1. The fourth-order valence-electron chi connectivity index (χ4n) is 2.56. The van der Waals surface area contributed by atoms with E-state index < -0.39 is 31.6 Å². The largest absolute Gasteiger partial charge is 0.481 e. The topological polar surface area (TPSA) is 187 Å². The molecule has 1 aromatic rings. The van der Waals surface area contributed by atoms with Crippen LogP contribution in [0.15, 0.2) is 42.6 Å². The minimum absolute atomic E-state index is 0.139. The van der Waals surface area contributed by atoms with Crippen molar-refractivity contribution in [3.8, 4) is 0 Å². The minimum atomic E-state index is -1.34. The summed E-state index contributed by atoms with van der Waals surface area (Å²) in [7, 11) is 1.42. The molecule has 2 heterocycles. The molecule has 2 saturated heterocycles. The summed E-state index contributed by atoms with van der Waals surface area (Å²) in [6.07, 6.45) is 5.94. The summed E-state index contributed by atoms with van der Waals surface area (Å²) in [5.74, 6) is -1.26. The lowest BCUT2D eigenvalue weighted by atomic mass is 9.98. The van der Waals surface area contributed by atoms with Gasteiger partial charge in [0.2, 0.25) is 6.41 Å². The van der Waals surface area contributed by atoms with Gasteiger partial charge < -0.3 is 43.9 Å². The predicted molar refractivity (Wildman–Crippen MR) is 185 cm³/mol. The van der Waals surface area contributed by atoms with Crippen LogP contribution in [0, 0.1) is 10.8 Å². The summed E-state index contributed by atoms with van der Waals surface area (Å²) in [5, 5.41) is 18.1. The summed E-state index contributed by atoms with van der Waals surface area (Å²) < 4.78 is 22.1. The highest BCUT2D eigenvalue weighted by atomic mass is 35.5. The normalized spacial score (nSPS) is 18.8. The number of carbonyl (C=O) groups is 4. The number of hydrogen-bond acceptors (Lipinski definition) is 11. The highest BCUT2D eigenvalue weighted by Crippen LogP contribution is 2.44. The summed E-state index contributed by atoms with van der Waals surface area (Å²) in [6.45, 7) is 16.0. The van der Waals surface area contributed by atoms with Crippen molar-refractivity contribution in [2.24, 2.45) is 16.6 Å². The van der Waals surface area contributed by atoms with Crippen molar-refractivity contribution in [3.05, 3.63) is 47.6 Å². The zero-order valence-electron chi connectivity index (χ0n) is 29.5. The van der Waals surface area contributed by atoms with Gasteiger partial charge in [-0.25, -0.2) is 0 Å². The molecule has 3 rings (SSSR count). The number of aldehydes is 1. The first-order valence-electron chi connectivity index (χ1n) is 15.1. The summed E-state index contributed by atoms with van der Waals surface area (Å²) >= 11 is 5.54. The Morgan fingerprint density at radius 2 is 1.60 bits per heavy atom. The van der Waals surface area contributed by atoms with Crippen LogP contribution in [0.4, 0.5) is 0 Å². The van der Waals surface area contributed by atoms with E-state index in [0.29, 0.717) is 32.5 Å². The number of nitrogens with zero attached hydrogens (tertiary/aromatic N) is 1. The van der Waals surface area contributed by atoms with Crippen molar-refractivity contribution < 1.29 is 47.7 Å². The molecule has 47 heavy (non-hydrogen) atoms. The number of carboxylic acid groups (broad SMARTS) is 1. The van der Waals surface area contributed by atoms with Crippen molar-refractivity contribution in [1.82, 2.24) is 10.2 Å². The Morgan fingerprint density at radius 3 is 1.98 bits per heavy atom. The maximum atomic E-state index is 11.2. The van der Waals surface area contributed by atoms with Crippen LogP contribution in [0.1, 0.15) is 74.7 Å². The zero-order valence-corrected chi connectivity index (χ0v) is 31.2. The van der Waals surface area contributed by atoms with Crippen LogP contribution >= 0.6 is 20.2 Å². The lowest BCUT2D eigenvalue weighted by molar-refractivity contribution is -0.145. The third kappa shape index (κ3) is 28.3. The van der Waals surface area contributed by atoms with Crippen LogP contribution in [0.25, 0.3) is 0 Å². The second kappa shape index (κ2) is 27.5. The summed E-state index contributed by atoms with van der Waals surface area (Å²) in [5.41, 5.74) is 4.55. The van der Waals surface area contributed by atoms with E-state index in [4.69, 9.17) is 45.9 Å². The number of aliphatic carboxylic acids is 1. The van der Waals surface area contributed by atoms with Gasteiger partial charge in [-0.1, -0.05) is 64.4 Å². The first-order valence-corrected chi connectivity index (χ1v) is 16.5. The van der Waals surface area contributed by atoms with Gasteiger partial charge in [-0.3, -0.25) is 19.7 Å². The number of halogens is 1. The molecule has 15 heteroatoms. The van der Waals surface area contributed by atoms with Crippen molar-refractivity contribution in [2.45, 2.75) is 86.6 Å². The van der Waals surface area contributed by atoms with Crippen LogP contribution in [0.2, 0.25) is 5.02 Å². The number of rotatable bonds is 7. The van der Waals surface area contributed by atoms with Gasteiger partial charge in [0.05, 0.1) is 25.2 Å². The van der Waals surface area contributed by atoms with Crippen LogP contribution in [0.5, 0.6) is 0 Å². The molecule has 2 fully saturated rings. The number of carbonyl (C=O) groups excluding carboxylic acids is 3. The molecule has 0 aliphatic carbocycles. The average molecular weight is 710 g/mol. The van der Waals surface area contributed by atoms with E-state index in [2.05, 4.69) is 0 Å². The number of imide groups is 1. The summed E-state index contributed by atoms with van der Waals surface area (Å²) in [6, 6.07) is 9.44. The van der Waals surface area contributed by atoms with Gasteiger partial charge in [0.1, 0.15) is 18.2 Å². The molecule has 1 unspecified atom stereocenters. The fourth-order valence-corrected chi connectivity index (χ4v) is 3.81. The molecule has 0 radical (unpaired) electrons. The monoisotopic (exact) mass is 709 g/mol. The van der Waals surface area contributed by atoms with Gasteiger partial charge in [0, 0.05) is 36.9 Å². The second-order valence-corrected chi connectivity index (χ2v) is 13.3. The van der Waals surface area contributed by atoms with Gasteiger partial charge in [0.15, 0.2) is 0 Å². The van der Waals surface area contributed by atoms with Gasteiger partial charge >= 0.3 is 14.6 Å². The molecule has 1 aromatic carbocycles. The molecule has 13 nitrogen and oxygen atoms in total. The molecular formula is C32H57ClN3O10P. The predicted octanol–water partition coefficient (Wildman–Crippen LogP) is 5.50. The fraction of sp³-hybridized carbons (Fsp3) is 0.625. The third-order valence-corrected chi connectivity index (χ3v) is 6.50. The summed E-state index contributed by atoms with van der Waals surface area (Å²) in [4.78, 5) is 42.9. The van der Waals surface area contributed by atoms with Crippen molar-refractivity contribution in [2.75, 3.05) is 34.0 Å². The Hall–Kier alpha value is -2.48. The number of nitrogens with one attached hydrogen (secondary N) is 1. The molecule has 272 valence electrons. The lowest BCUT2D eigenvalue weighted by Crippen LogP contribution is -2.45. The Kier molecular flexibility index (Phi) is 28.6. The van der Waals surface area contributed by atoms with Crippen LogP contribution in [-0.2, 0) is 37.5 Å². The standard InChI is InChI=1S/C13H22N3O6P.C6H5Cl.C5H10O2.C5H10O.C2H6.CH4O/c1-16(6-4-11(18)15-10-17)12-3-5-13(14,22-12)9-21-23-19-7-2-8-20-23;7-6-4-2-1-3-5-6;1-5(2,3)4(6)7;1-5(2,3)4-6;2*1-2/h4,6,10,12H,2-3,5,7-9,14H2,1H3,(H,15,17,18);1-5H;1-3H3,(H,6,7);4H,1-3H3;1-2H3;2H,1H3/b6-4-;;;;;/t12?,13-;;;;;/m0...../s1. The minimum Gasteiger partial charge on any atom is -0.481 e. The SMILES string of the molecule is CC.CC(C)(C)C(=O)O.CC(C)(C)C=O.CN(/C=C\C(=O)NC=O)C1CC[C@@](N)(COP2OCCCO2)O1.CO.Clc1ccccc1. The second-order valence-electron chi connectivity index (χ2n) is 11.6. The van der Waals surface area contributed by atoms with E-state index in [9.17, 15) is 19.2 Å². The maximum absolute atomic E-state index is 11.2. The molecule has 2 aliphatic heterocycles. The average Bonchev–Trinajstić information content (AvgIpc) is 3.44. The first kappa shape index (κ1) is 48.9. The first-order chi connectivity index (χ1) is 21.9. The van der Waals surface area contributed by atoms with Gasteiger partial charge in [-0.05, 0) is 52.2 Å². The van der Waals surface area contributed by atoms with Gasteiger partial charge in [-0.15, -0.1) is 0 Å². The van der Waals surface area contributed by atoms with Gasteiger partial charge in [0.25, 0.3) is 5.91 Å². The molecule has 0 bridgehead atoms. The quantitative estimate of drug-likeness (QED) is 0.158. The molecule has 5 N–H and O–H groups in total. The molecule has 2 amide bonds. The number of aliphatic hydroxyl groups excluding tert-OH is 1. The smallest absolute Gasteiger partial charge is 0.332 e. The zero-order chi connectivity index (χ0) is 37.1. The Bertz CT molecular complexity index is 1000. The number of hydrogen-bond donors (Lipinski definition) is 4. The molecule has 2 atom stereocenters. The van der Waals surface area contributed by atoms with Crippen molar-refractivity contribution in [1.29, 1.82) is 0 Å². The number of aliphatic hydroxyl groups is 1. The van der Waals surface area contributed by atoms with Gasteiger partial charge in [-0.2, -0.15) is 0 Å². The van der Waals surface area contributed by atoms with E-state index >= 15 is 0 Å². The maximum Gasteiger partial charge on any atom is 0.332 e. The number of benzene rings is 1. The molecular weight excluding hydrogens is 653 g/mol. The van der Waals surface area contributed by atoms with Crippen molar-refractivity contribution in [3.63, 3.8) is 0 Å².